The van der Waals surface area contributed by atoms with Gasteiger partial charge in [-0.25, -0.2) is 0 Å². The minimum atomic E-state index is -0.0206. The van der Waals surface area contributed by atoms with E-state index in [4.69, 9.17) is 23.2 Å². The first-order valence-electron chi connectivity index (χ1n) is 7.26. The fraction of sp³-hybridized carbons (Fsp3) is 0.235. The van der Waals surface area contributed by atoms with Gasteiger partial charge in [0.15, 0.2) is 6.54 Å². The van der Waals surface area contributed by atoms with Gasteiger partial charge in [0, 0.05) is 27.7 Å². The fourth-order valence-electron chi connectivity index (χ4n) is 2.85. The average molecular weight is 336 g/mol. The Bertz CT molecular complexity index is 683. The van der Waals surface area contributed by atoms with Crippen LogP contribution in [0.15, 0.2) is 42.5 Å². The third-order valence-corrected chi connectivity index (χ3v) is 4.30. The molecule has 0 saturated carbocycles. The second-order valence-corrected chi connectivity index (χ2v) is 6.45. The maximum absolute atomic E-state index is 12.2. The van der Waals surface area contributed by atoms with E-state index in [0.29, 0.717) is 22.3 Å². The summed E-state index contributed by atoms with van der Waals surface area (Å²) in [6.45, 7) is 2.30. The lowest BCUT2D eigenvalue weighted by atomic mass is 10.00. The first kappa shape index (κ1) is 15.3. The molecule has 22 heavy (non-hydrogen) atoms. The molecule has 0 aliphatic carbocycles. The molecule has 0 fully saturated rings. The van der Waals surface area contributed by atoms with Gasteiger partial charge in [-0.15, -0.1) is 0 Å². The Morgan fingerprint density at radius 3 is 2.50 bits per heavy atom. The van der Waals surface area contributed by atoms with Crippen molar-refractivity contribution in [3.8, 4) is 0 Å². The maximum atomic E-state index is 12.2. The summed E-state index contributed by atoms with van der Waals surface area (Å²) < 4.78 is 0. The van der Waals surface area contributed by atoms with E-state index < -0.39 is 0 Å². The van der Waals surface area contributed by atoms with Gasteiger partial charge < -0.3 is 10.2 Å². The summed E-state index contributed by atoms with van der Waals surface area (Å²) >= 11 is 11.9. The number of carbonyl (C=O) groups excluding carboxylic acids is 1. The monoisotopic (exact) mass is 335 g/mol. The van der Waals surface area contributed by atoms with Crippen molar-refractivity contribution in [2.75, 3.05) is 18.4 Å². The van der Waals surface area contributed by atoms with Gasteiger partial charge in [0.25, 0.3) is 5.91 Å². The molecule has 1 amide bonds. The molecule has 3 nitrogen and oxygen atoms in total. The molecule has 2 N–H and O–H groups in total. The van der Waals surface area contributed by atoms with Crippen LogP contribution < -0.4 is 10.2 Å². The van der Waals surface area contributed by atoms with E-state index >= 15 is 0 Å². The number of carbonyl (C=O) groups is 1. The SMILES string of the molecule is O=C(C[NH+]1CCc2ccccc2C1)Nc1cc(Cl)cc(Cl)c1. The standard InChI is InChI=1S/C17H16Cl2N2O/c18-14-7-15(19)9-16(8-14)20-17(22)11-21-6-5-12-3-1-2-4-13(12)10-21/h1-4,7-9H,5-6,10-11H2,(H,20,22)/p+1. The Morgan fingerprint density at radius 1 is 1.09 bits per heavy atom. The molecule has 1 atom stereocenters. The Balaban J connectivity index is 1.61. The van der Waals surface area contributed by atoms with Gasteiger partial charge in [0.1, 0.15) is 6.54 Å². The van der Waals surface area contributed by atoms with Crippen LogP contribution in [0, 0.1) is 0 Å². The van der Waals surface area contributed by atoms with Gasteiger partial charge in [-0.05, 0) is 23.8 Å². The van der Waals surface area contributed by atoms with Crippen LogP contribution in [0.5, 0.6) is 0 Å². The number of amides is 1. The lowest BCUT2D eigenvalue weighted by Gasteiger charge is -2.25. The fourth-order valence-corrected chi connectivity index (χ4v) is 3.38. The van der Waals surface area contributed by atoms with Gasteiger partial charge in [0.05, 0.1) is 6.54 Å². The second kappa shape index (κ2) is 6.69. The van der Waals surface area contributed by atoms with Crippen molar-refractivity contribution >= 4 is 34.8 Å². The van der Waals surface area contributed by atoms with Crippen molar-refractivity contribution < 1.29 is 9.69 Å². The van der Waals surface area contributed by atoms with E-state index in [1.807, 2.05) is 0 Å². The smallest absolute Gasteiger partial charge is 0.279 e. The summed E-state index contributed by atoms with van der Waals surface area (Å²) in [5, 5.41) is 3.90. The molecule has 0 radical (unpaired) electrons. The quantitative estimate of drug-likeness (QED) is 0.888. The van der Waals surface area contributed by atoms with Gasteiger partial charge in [-0.1, -0.05) is 47.5 Å². The van der Waals surface area contributed by atoms with Gasteiger partial charge in [0.2, 0.25) is 0 Å². The number of rotatable bonds is 3. The summed E-state index contributed by atoms with van der Waals surface area (Å²) in [5.41, 5.74) is 3.37. The number of benzene rings is 2. The van der Waals surface area contributed by atoms with Gasteiger partial charge in [-0.2, -0.15) is 0 Å². The van der Waals surface area contributed by atoms with E-state index in [9.17, 15) is 4.79 Å². The number of fused-ring (bicyclic) bond motifs is 1. The Kier molecular flexibility index (Phi) is 4.67. The topological polar surface area (TPSA) is 33.5 Å². The Morgan fingerprint density at radius 2 is 1.77 bits per heavy atom. The molecule has 114 valence electrons. The van der Waals surface area contributed by atoms with Crippen LogP contribution >= 0.6 is 23.2 Å². The van der Waals surface area contributed by atoms with Gasteiger partial charge >= 0.3 is 0 Å². The summed E-state index contributed by atoms with van der Waals surface area (Å²) in [6, 6.07) is 13.5. The molecule has 2 aromatic rings. The van der Waals surface area contributed by atoms with Crippen LogP contribution in [-0.2, 0) is 17.8 Å². The minimum Gasteiger partial charge on any atom is -0.323 e. The van der Waals surface area contributed by atoms with Crippen molar-refractivity contribution in [1.29, 1.82) is 0 Å². The van der Waals surface area contributed by atoms with E-state index in [2.05, 4.69) is 29.6 Å². The molecule has 0 bridgehead atoms. The highest BCUT2D eigenvalue weighted by Gasteiger charge is 2.21. The zero-order valence-corrected chi connectivity index (χ0v) is 13.5. The predicted molar refractivity (Wildman–Crippen MR) is 89.6 cm³/mol. The predicted octanol–water partition coefficient (Wildman–Crippen LogP) is 2.57. The highest BCUT2D eigenvalue weighted by molar-refractivity contribution is 6.35. The zero-order chi connectivity index (χ0) is 15.5. The Labute approximate surface area is 139 Å². The molecule has 2 aromatic carbocycles. The second-order valence-electron chi connectivity index (χ2n) is 5.58. The third-order valence-electron chi connectivity index (χ3n) is 3.86. The van der Waals surface area contributed by atoms with Gasteiger partial charge in [-0.3, -0.25) is 4.79 Å². The lowest BCUT2D eigenvalue weighted by molar-refractivity contribution is -0.907. The van der Waals surface area contributed by atoms with Crippen LogP contribution in [0.25, 0.3) is 0 Å². The summed E-state index contributed by atoms with van der Waals surface area (Å²) in [5.74, 6) is -0.0206. The number of nitrogens with one attached hydrogen (secondary N) is 2. The van der Waals surface area contributed by atoms with Crippen LogP contribution in [0.3, 0.4) is 0 Å². The molecule has 0 spiro atoms. The van der Waals surface area contributed by atoms with Crippen molar-refractivity contribution in [3.05, 3.63) is 63.6 Å². The molecular weight excluding hydrogens is 319 g/mol. The molecule has 1 aliphatic rings. The van der Waals surface area contributed by atoms with Crippen LogP contribution in [0.1, 0.15) is 11.1 Å². The highest BCUT2D eigenvalue weighted by atomic mass is 35.5. The molecule has 0 aromatic heterocycles. The molecular formula is C17H17Cl2N2O+. The van der Waals surface area contributed by atoms with E-state index in [1.54, 1.807) is 18.2 Å². The number of quaternary nitrogens is 1. The Hall–Kier alpha value is -1.55. The summed E-state index contributed by atoms with van der Waals surface area (Å²) in [6.07, 6.45) is 1.02. The maximum Gasteiger partial charge on any atom is 0.279 e. The number of hydrogen-bond acceptors (Lipinski definition) is 1. The van der Waals surface area contributed by atoms with E-state index in [-0.39, 0.29) is 5.91 Å². The number of anilines is 1. The summed E-state index contributed by atoms with van der Waals surface area (Å²) in [4.78, 5) is 13.5. The number of halogens is 2. The van der Waals surface area contributed by atoms with E-state index in [0.717, 1.165) is 19.5 Å². The van der Waals surface area contributed by atoms with Crippen molar-refractivity contribution in [2.45, 2.75) is 13.0 Å². The molecule has 1 aliphatic heterocycles. The molecule has 0 saturated heterocycles. The van der Waals surface area contributed by atoms with Crippen molar-refractivity contribution in [3.63, 3.8) is 0 Å². The van der Waals surface area contributed by atoms with Crippen molar-refractivity contribution in [2.24, 2.45) is 0 Å². The van der Waals surface area contributed by atoms with Crippen LogP contribution in [0.2, 0.25) is 10.0 Å². The highest BCUT2D eigenvalue weighted by Crippen LogP contribution is 2.22. The number of hydrogen-bond donors (Lipinski definition) is 2. The van der Waals surface area contributed by atoms with E-state index in [1.165, 1.54) is 16.0 Å². The molecule has 1 heterocycles. The molecule has 5 heteroatoms. The normalized spacial score (nSPS) is 16.9. The molecule has 1 unspecified atom stereocenters. The molecule has 3 rings (SSSR count). The first-order chi connectivity index (χ1) is 10.6. The largest absolute Gasteiger partial charge is 0.323 e. The first-order valence-corrected chi connectivity index (χ1v) is 8.02. The zero-order valence-electron chi connectivity index (χ0n) is 12.0. The minimum absolute atomic E-state index is 0.0206. The van der Waals surface area contributed by atoms with Crippen LogP contribution in [-0.4, -0.2) is 19.0 Å². The third kappa shape index (κ3) is 3.80. The van der Waals surface area contributed by atoms with Crippen molar-refractivity contribution in [1.82, 2.24) is 0 Å². The van der Waals surface area contributed by atoms with Crippen LogP contribution in [0.4, 0.5) is 5.69 Å². The average Bonchev–Trinajstić information content (AvgIpc) is 2.45. The lowest BCUT2D eigenvalue weighted by Crippen LogP contribution is -3.12. The summed E-state index contributed by atoms with van der Waals surface area (Å²) in [7, 11) is 0.